The van der Waals surface area contributed by atoms with Crippen molar-refractivity contribution < 1.29 is 91.9 Å². The number of phosphoric acid groups is 2. The zero-order valence-corrected chi connectivity index (χ0v) is 43.2. The molecule has 2 aliphatic rings. The van der Waals surface area contributed by atoms with Gasteiger partial charge in [-0.2, -0.15) is 0 Å². The summed E-state index contributed by atoms with van der Waals surface area (Å²) in [6.45, 7) is 2.55. The quantitative estimate of drug-likeness (QED) is 0.0175. The molecule has 1 unspecified atom stereocenters. The van der Waals surface area contributed by atoms with E-state index in [9.17, 15) is 68.8 Å². The van der Waals surface area contributed by atoms with Gasteiger partial charge in [-0.25, -0.2) is 9.13 Å². The van der Waals surface area contributed by atoms with Crippen molar-refractivity contribution in [3.8, 4) is 0 Å². The van der Waals surface area contributed by atoms with Gasteiger partial charge in [0.25, 0.3) is 0 Å². The van der Waals surface area contributed by atoms with Gasteiger partial charge in [-0.3, -0.25) is 28.0 Å². The summed E-state index contributed by atoms with van der Waals surface area (Å²) in [6.07, 6.45) is 8.40. The molecule has 0 aromatic heterocycles. The Morgan fingerprint density at radius 3 is 2.06 bits per heavy atom. The molecule has 406 valence electrons. The monoisotopic (exact) mass is 1040 g/mol. The van der Waals surface area contributed by atoms with Crippen LogP contribution < -0.4 is 0 Å². The van der Waals surface area contributed by atoms with E-state index in [1.165, 1.54) is 44.6 Å². The minimum absolute atomic E-state index is 0.0459. The van der Waals surface area contributed by atoms with Crippen molar-refractivity contribution >= 4 is 33.4 Å². The number of fused-ring (bicyclic) bond motifs is 4. The lowest BCUT2D eigenvalue weighted by Crippen LogP contribution is -2.56. The van der Waals surface area contributed by atoms with Crippen molar-refractivity contribution in [2.24, 2.45) is 11.8 Å². The highest BCUT2D eigenvalue weighted by molar-refractivity contribution is 7.47. The highest BCUT2D eigenvalue weighted by Crippen LogP contribution is 2.49. The number of hydrogen-bond donors (Lipinski definition) is 9. The Labute approximate surface area is 414 Å². The van der Waals surface area contributed by atoms with Crippen molar-refractivity contribution in [3.63, 3.8) is 0 Å². The molecule has 0 saturated heterocycles. The van der Waals surface area contributed by atoms with Crippen LogP contribution in [0.1, 0.15) is 174 Å². The second kappa shape index (κ2) is 35.9. The van der Waals surface area contributed by atoms with E-state index in [-0.39, 0.29) is 38.5 Å². The predicted octanol–water partition coefficient (Wildman–Crippen LogP) is 6.88. The van der Waals surface area contributed by atoms with E-state index in [4.69, 9.17) is 23.0 Å². The maximum atomic E-state index is 13.9. The van der Waals surface area contributed by atoms with Crippen molar-refractivity contribution in [1.29, 1.82) is 0 Å². The average Bonchev–Trinajstić information content (AvgIpc) is 3.30. The van der Waals surface area contributed by atoms with Crippen LogP contribution in [0, 0.1) is 11.8 Å². The summed E-state index contributed by atoms with van der Waals surface area (Å²) >= 11 is 0. The zero-order valence-electron chi connectivity index (χ0n) is 41.4. The number of hydrogen-bond acceptors (Lipinski definition) is 16. The normalized spacial score (nSPS) is 30.2. The molecule has 12 atom stereocenters. The van der Waals surface area contributed by atoms with Gasteiger partial charge in [0.05, 0.1) is 36.9 Å². The minimum atomic E-state index is -5.80. The fraction of sp³-hybridized carbons (Fsp3) is 0.816. The summed E-state index contributed by atoms with van der Waals surface area (Å²) in [6, 6.07) is 0. The van der Waals surface area contributed by atoms with E-state index in [1.807, 2.05) is 6.92 Å². The molecule has 21 heteroatoms. The third kappa shape index (κ3) is 27.2. The van der Waals surface area contributed by atoms with E-state index in [1.54, 1.807) is 6.08 Å². The van der Waals surface area contributed by atoms with Gasteiger partial charge < -0.3 is 54.8 Å². The maximum absolute atomic E-state index is 13.9. The van der Waals surface area contributed by atoms with Crippen LogP contribution in [-0.2, 0) is 46.6 Å². The van der Waals surface area contributed by atoms with Crippen molar-refractivity contribution in [3.05, 3.63) is 36.5 Å². The van der Waals surface area contributed by atoms with Gasteiger partial charge in [-0.05, 0) is 57.8 Å². The first-order valence-corrected chi connectivity index (χ1v) is 28.7. The van der Waals surface area contributed by atoms with Gasteiger partial charge in [-0.15, -0.1) is 0 Å². The summed E-state index contributed by atoms with van der Waals surface area (Å²) in [5.41, 5.74) is 0. The molecule has 19 nitrogen and oxygen atoms in total. The van der Waals surface area contributed by atoms with Crippen LogP contribution in [0.2, 0.25) is 0 Å². The highest BCUT2D eigenvalue weighted by atomic mass is 31.2. The topological polar surface area (TPSA) is 314 Å². The SMILES string of the molecule is CCCCCCCC/C=C\CCCCCCCCCC(=O)OC[C@@H]1COP(=O)(O)O[C@H]2[C@H](O)[C@@H](O)[C@H](O)[C@@H](C/C=C\CCCC(=O)O1)[C@@H](O)CC(=O)[C@H](/C=C/[C@@H](O)CCCCC)[C@@H](O)[C@H]2OP(=O)(O)O. The van der Waals surface area contributed by atoms with Gasteiger partial charge >= 0.3 is 27.6 Å². The molecule has 70 heavy (non-hydrogen) atoms. The number of aliphatic hydroxyl groups excluding tert-OH is 6. The summed E-state index contributed by atoms with van der Waals surface area (Å²) in [7, 11) is -11.5. The summed E-state index contributed by atoms with van der Waals surface area (Å²) in [5, 5.41) is 68.0. The number of rotatable bonds is 27. The highest BCUT2D eigenvalue weighted by Gasteiger charge is 2.51. The molecular formula is C49H86O19P2. The van der Waals surface area contributed by atoms with E-state index < -0.39 is 120 Å². The Bertz CT molecular complexity index is 1650. The summed E-state index contributed by atoms with van der Waals surface area (Å²) < 4.78 is 52.1. The number of carbonyl (C=O) groups is 3. The van der Waals surface area contributed by atoms with Crippen LogP contribution in [0.4, 0.5) is 0 Å². The van der Waals surface area contributed by atoms with Crippen molar-refractivity contribution in [2.45, 2.75) is 229 Å². The molecule has 1 aliphatic heterocycles. The van der Waals surface area contributed by atoms with Crippen molar-refractivity contribution in [1.82, 2.24) is 0 Å². The van der Waals surface area contributed by atoms with Gasteiger partial charge in [0.15, 0.2) is 6.10 Å². The third-order valence-electron chi connectivity index (χ3n) is 12.6. The van der Waals surface area contributed by atoms with E-state index in [0.717, 1.165) is 76.4 Å². The third-order valence-corrected chi connectivity index (χ3v) is 14.1. The molecule has 2 bridgehead atoms. The van der Waals surface area contributed by atoms with Crippen LogP contribution in [-0.4, -0.2) is 131 Å². The first kappa shape index (κ1) is 63.9. The number of Topliss-reactive ketones (excluding diaryl/α,β-unsaturated/α-hetero) is 1. The Morgan fingerprint density at radius 1 is 0.829 bits per heavy atom. The van der Waals surface area contributed by atoms with Crippen LogP contribution >= 0.6 is 15.6 Å². The molecule has 0 aromatic rings. The smallest absolute Gasteiger partial charge is 0.462 e. The first-order valence-electron chi connectivity index (χ1n) is 25.6. The molecule has 1 aliphatic carbocycles. The van der Waals surface area contributed by atoms with Gasteiger partial charge in [0.1, 0.15) is 36.8 Å². The summed E-state index contributed by atoms with van der Waals surface area (Å²) in [5.74, 6) is -5.78. The average molecular weight is 1040 g/mol. The summed E-state index contributed by atoms with van der Waals surface area (Å²) in [4.78, 5) is 70.6. The van der Waals surface area contributed by atoms with Gasteiger partial charge in [0, 0.05) is 25.2 Å². The number of esters is 2. The molecule has 1 saturated carbocycles. The predicted molar refractivity (Wildman–Crippen MR) is 261 cm³/mol. The molecule has 0 amide bonds. The number of carbonyl (C=O) groups excluding carboxylic acids is 3. The lowest BCUT2D eigenvalue weighted by molar-refractivity contribution is -0.165. The Balaban J connectivity index is 2.23. The van der Waals surface area contributed by atoms with E-state index in [2.05, 4.69) is 19.1 Å². The maximum Gasteiger partial charge on any atom is 0.472 e. The fourth-order valence-electron chi connectivity index (χ4n) is 8.43. The van der Waals surface area contributed by atoms with Crippen LogP contribution in [0.15, 0.2) is 36.5 Å². The molecule has 0 aromatic carbocycles. The van der Waals surface area contributed by atoms with Crippen LogP contribution in [0.3, 0.4) is 0 Å². The van der Waals surface area contributed by atoms with Crippen LogP contribution in [0.5, 0.6) is 0 Å². The Morgan fingerprint density at radius 2 is 1.43 bits per heavy atom. The molecule has 9 N–H and O–H groups in total. The molecule has 0 spiro atoms. The zero-order chi connectivity index (χ0) is 52.0. The number of cyclic esters (lactones) is 1. The largest absolute Gasteiger partial charge is 0.472 e. The number of ketones is 1. The number of ether oxygens (including phenoxy) is 2. The number of unbranched alkanes of at least 4 members (excludes halogenated alkanes) is 15. The van der Waals surface area contributed by atoms with Crippen LogP contribution in [0.25, 0.3) is 0 Å². The lowest BCUT2D eigenvalue weighted by Gasteiger charge is -2.38. The number of allylic oxidation sites excluding steroid dienone is 4. The standard InChI is InChI=1S/C49H86O19P2/c1-3-5-7-8-9-10-11-12-13-14-15-16-17-18-19-20-25-29-42(53)64-34-37-35-65-70(62,63)68-49-47(58)46(57)44(55)38(28-24-21-22-26-30-43(54)66-37)40(51)33-41(52)39(32-31-36(50)27-23-6-4-2)45(56)48(49)67-69(59,60)61/h12-13,21,24,31-32,36-40,44-51,55-58H,3-11,14-20,22-23,25-30,33-35H2,1-2H3,(H,62,63)(H2,59,60,61)/b13-12-,24-21-,32-31+/t36-,37+,38-,39-,40-,44+,45+,46-,47+,48+,49-/m0/s1. The van der Waals surface area contributed by atoms with E-state index >= 15 is 0 Å². The molecule has 1 fully saturated rings. The molecule has 2 rings (SSSR count). The minimum Gasteiger partial charge on any atom is -0.462 e. The number of phosphoric ester groups is 2. The van der Waals surface area contributed by atoms with E-state index in [0.29, 0.717) is 12.8 Å². The molecule has 1 heterocycles. The second-order valence-electron chi connectivity index (χ2n) is 18.7. The number of aliphatic hydroxyl groups is 6. The lowest BCUT2D eigenvalue weighted by atomic mass is 9.83. The fourth-order valence-corrected chi connectivity index (χ4v) is 9.96. The second-order valence-corrected chi connectivity index (χ2v) is 21.3. The molecular weight excluding hydrogens is 954 g/mol. The van der Waals surface area contributed by atoms with Crippen molar-refractivity contribution in [2.75, 3.05) is 13.2 Å². The Kier molecular flexibility index (Phi) is 32.8. The van der Waals surface area contributed by atoms with Gasteiger partial charge in [0.2, 0.25) is 0 Å². The van der Waals surface area contributed by atoms with Gasteiger partial charge in [-0.1, -0.05) is 134 Å². The first-order chi connectivity index (χ1) is 33.3. The molecule has 0 radical (unpaired) electrons. The Hall–Kier alpha value is -2.19.